The van der Waals surface area contributed by atoms with Gasteiger partial charge < -0.3 is 10.6 Å². The number of anilines is 1. The molecule has 0 heterocycles. The summed E-state index contributed by atoms with van der Waals surface area (Å²) in [5.74, 6) is -0.0229. The summed E-state index contributed by atoms with van der Waals surface area (Å²) in [4.78, 5) is 11.8. The van der Waals surface area contributed by atoms with E-state index in [1.165, 1.54) is 5.56 Å². The van der Waals surface area contributed by atoms with Gasteiger partial charge in [-0.2, -0.15) is 0 Å². The number of hydrogen-bond acceptors (Lipinski definition) is 2. The number of para-hydroxylation sites is 1. The standard InChI is InChI=1S/C16H18N2O/c1-13-7-5-6-10-15(13)18-16(19)12-17-11-14-8-3-2-4-9-14/h2-10,17H,11-12H2,1H3,(H,18,19). The van der Waals surface area contributed by atoms with Crippen LogP contribution in [0.4, 0.5) is 5.69 Å². The van der Waals surface area contributed by atoms with Crippen molar-refractivity contribution < 1.29 is 4.79 Å². The molecule has 19 heavy (non-hydrogen) atoms. The van der Waals surface area contributed by atoms with Crippen molar-refractivity contribution in [1.82, 2.24) is 5.32 Å². The second-order valence-corrected chi connectivity index (χ2v) is 4.45. The molecule has 1 amide bonds. The minimum absolute atomic E-state index is 0.0229. The van der Waals surface area contributed by atoms with Crippen molar-refractivity contribution in [2.45, 2.75) is 13.5 Å². The van der Waals surface area contributed by atoms with Crippen molar-refractivity contribution in [2.75, 3.05) is 11.9 Å². The lowest BCUT2D eigenvalue weighted by molar-refractivity contribution is -0.115. The van der Waals surface area contributed by atoms with Crippen molar-refractivity contribution in [3.8, 4) is 0 Å². The van der Waals surface area contributed by atoms with Crippen LogP contribution in [0.2, 0.25) is 0 Å². The Labute approximate surface area is 113 Å². The van der Waals surface area contributed by atoms with Crippen LogP contribution in [0.5, 0.6) is 0 Å². The summed E-state index contributed by atoms with van der Waals surface area (Å²) in [7, 11) is 0. The molecule has 0 fully saturated rings. The lowest BCUT2D eigenvalue weighted by Gasteiger charge is -2.09. The Morgan fingerprint density at radius 2 is 1.68 bits per heavy atom. The van der Waals surface area contributed by atoms with Crippen LogP contribution < -0.4 is 10.6 Å². The number of aryl methyl sites for hydroxylation is 1. The summed E-state index contributed by atoms with van der Waals surface area (Å²) in [6.07, 6.45) is 0. The highest BCUT2D eigenvalue weighted by atomic mass is 16.1. The van der Waals surface area contributed by atoms with Gasteiger partial charge in [0, 0.05) is 12.2 Å². The summed E-state index contributed by atoms with van der Waals surface area (Å²) in [5, 5.41) is 6.02. The number of carbonyl (C=O) groups excluding carboxylic acids is 1. The average Bonchev–Trinajstić information content (AvgIpc) is 2.43. The molecule has 0 saturated carbocycles. The second kappa shape index (κ2) is 6.71. The zero-order valence-corrected chi connectivity index (χ0v) is 11.0. The molecule has 0 spiro atoms. The molecule has 2 rings (SSSR count). The third kappa shape index (κ3) is 4.23. The largest absolute Gasteiger partial charge is 0.325 e. The van der Waals surface area contributed by atoms with Crippen molar-refractivity contribution in [3.63, 3.8) is 0 Å². The van der Waals surface area contributed by atoms with Crippen LogP contribution in [0, 0.1) is 6.92 Å². The lowest BCUT2D eigenvalue weighted by atomic mass is 10.2. The van der Waals surface area contributed by atoms with Crippen LogP contribution >= 0.6 is 0 Å². The van der Waals surface area contributed by atoms with Crippen LogP contribution in [0.15, 0.2) is 54.6 Å². The summed E-state index contributed by atoms with van der Waals surface area (Å²) in [6, 6.07) is 17.8. The van der Waals surface area contributed by atoms with E-state index in [0.717, 1.165) is 11.3 Å². The monoisotopic (exact) mass is 254 g/mol. The smallest absolute Gasteiger partial charge is 0.238 e. The van der Waals surface area contributed by atoms with Crippen LogP contribution in [0.25, 0.3) is 0 Å². The maximum absolute atomic E-state index is 11.8. The Balaban J connectivity index is 1.78. The minimum Gasteiger partial charge on any atom is -0.325 e. The maximum atomic E-state index is 11.8. The predicted molar refractivity (Wildman–Crippen MR) is 78.0 cm³/mol. The number of amides is 1. The molecule has 0 aliphatic carbocycles. The quantitative estimate of drug-likeness (QED) is 0.861. The zero-order valence-electron chi connectivity index (χ0n) is 11.0. The Kier molecular flexibility index (Phi) is 4.70. The highest BCUT2D eigenvalue weighted by Crippen LogP contribution is 2.12. The zero-order chi connectivity index (χ0) is 13.5. The van der Waals surface area contributed by atoms with Gasteiger partial charge in [0.2, 0.25) is 5.91 Å². The highest BCUT2D eigenvalue weighted by Gasteiger charge is 2.03. The van der Waals surface area contributed by atoms with Crippen LogP contribution in [0.3, 0.4) is 0 Å². The molecule has 0 aromatic heterocycles. The molecule has 3 heteroatoms. The molecule has 0 saturated heterocycles. The van der Waals surface area contributed by atoms with Gasteiger partial charge in [-0.25, -0.2) is 0 Å². The van der Waals surface area contributed by atoms with E-state index in [0.29, 0.717) is 13.1 Å². The van der Waals surface area contributed by atoms with E-state index in [1.54, 1.807) is 0 Å². The fraction of sp³-hybridized carbons (Fsp3) is 0.188. The van der Waals surface area contributed by atoms with E-state index in [4.69, 9.17) is 0 Å². The van der Waals surface area contributed by atoms with E-state index in [1.807, 2.05) is 61.5 Å². The van der Waals surface area contributed by atoms with Gasteiger partial charge in [0.15, 0.2) is 0 Å². The highest BCUT2D eigenvalue weighted by molar-refractivity contribution is 5.92. The number of rotatable bonds is 5. The van der Waals surface area contributed by atoms with E-state index < -0.39 is 0 Å². The third-order valence-electron chi connectivity index (χ3n) is 2.88. The molecular weight excluding hydrogens is 236 g/mol. The Hall–Kier alpha value is -2.13. The first-order valence-corrected chi connectivity index (χ1v) is 6.36. The minimum atomic E-state index is -0.0229. The van der Waals surface area contributed by atoms with Crippen molar-refractivity contribution in [3.05, 3.63) is 65.7 Å². The molecule has 3 nitrogen and oxygen atoms in total. The summed E-state index contributed by atoms with van der Waals surface area (Å²) < 4.78 is 0. The van der Waals surface area contributed by atoms with Gasteiger partial charge in [-0.1, -0.05) is 48.5 Å². The molecule has 2 N–H and O–H groups in total. The first-order chi connectivity index (χ1) is 9.25. The Morgan fingerprint density at radius 3 is 2.42 bits per heavy atom. The van der Waals surface area contributed by atoms with Crippen LogP contribution in [-0.4, -0.2) is 12.5 Å². The molecule has 98 valence electrons. The molecular formula is C16H18N2O. The molecule has 2 aromatic carbocycles. The molecule has 0 aliphatic rings. The number of hydrogen-bond donors (Lipinski definition) is 2. The fourth-order valence-corrected chi connectivity index (χ4v) is 1.82. The Bertz CT molecular complexity index is 537. The lowest BCUT2D eigenvalue weighted by Crippen LogP contribution is -2.27. The number of carbonyl (C=O) groups is 1. The van der Waals surface area contributed by atoms with Crippen LogP contribution in [0.1, 0.15) is 11.1 Å². The molecule has 0 unspecified atom stereocenters. The van der Waals surface area contributed by atoms with E-state index in [2.05, 4.69) is 10.6 Å². The topological polar surface area (TPSA) is 41.1 Å². The van der Waals surface area contributed by atoms with Crippen molar-refractivity contribution in [2.24, 2.45) is 0 Å². The van der Waals surface area contributed by atoms with E-state index in [9.17, 15) is 4.79 Å². The molecule has 0 aliphatic heterocycles. The van der Waals surface area contributed by atoms with Gasteiger partial charge in [0.05, 0.1) is 6.54 Å². The van der Waals surface area contributed by atoms with Gasteiger partial charge >= 0.3 is 0 Å². The molecule has 0 bridgehead atoms. The maximum Gasteiger partial charge on any atom is 0.238 e. The Morgan fingerprint density at radius 1 is 1.00 bits per heavy atom. The van der Waals surface area contributed by atoms with Gasteiger partial charge in [0.25, 0.3) is 0 Å². The number of nitrogens with one attached hydrogen (secondary N) is 2. The molecule has 0 atom stereocenters. The van der Waals surface area contributed by atoms with Gasteiger partial charge in [-0.3, -0.25) is 4.79 Å². The summed E-state index contributed by atoms with van der Waals surface area (Å²) >= 11 is 0. The second-order valence-electron chi connectivity index (χ2n) is 4.45. The summed E-state index contributed by atoms with van der Waals surface area (Å²) in [6.45, 7) is 2.98. The predicted octanol–water partition coefficient (Wildman–Crippen LogP) is 2.72. The van der Waals surface area contributed by atoms with E-state index >= 15 is 0 Å². The van der Waals surface area contributed by atoms with Gasteiger partial charge in [-0.05, 0) is 24.1 Å². The number of benzene rings is 2. The molecule has 2 aromatic rings. The van der Waals surface area contributed by atoms with Crippen molar-refractivity contribution in [1.29, 1.82) is 0 Å². The molecule has 0 radical (unpaired) electrons. The first-order valence-electron chi connectivity index (χ1n) is 6.36. The first kappa shape index (κ1) is 13.3. The van der Waals surface area contributed by atoms with Gasteiger partial charge in [0.1, 0.15) is 0 Å². The summed E-state index contributed by atoms with van der Waals surface area (Å²) in [5.41, 5.74) is 3.11. The third-order valence-corrected chi connectivity index (χ3v) is 2.88. The normalized spacial score (nSPS) is 10.2. The van der Waals surface area contributed by atoms with Crippen molar-refractivity contribution >= 4 is 11.6 Å². The van der Waals surface area contributed by atoms with Crippen LogP contribution in [-0.2, 0) is 11.3 Å². The fourth-order valence-electron chi connectivity index (χ4n) is 1.82. The van der Waals surface area contributed by atoms with E-state index in [-0.39, 0.29) is 5.91 Å². The average molecular weight is 254 g/mol. The van der Waals surface area contributed by atoms with Gasteiger partial charge in [-0.15, -0.1) is 0 Å². The SMILES string of the molecule is Cc1ccccc1NC(=O)CNCc1ccccc1.